The van der Waals surface area contributed by atoms with E-state index in [0.29, 0.717) is 5.39 Å². The third-order valence-corrected chi connectivity index (χ3v) is 5.81. The van der Waals surface area contributed by atoms with Crippen LogP contribution < -0.4 is 9.62 Å². The van der Waals surface area contributed by atoms with E-state index in [9.17, 15) is 21.6 Å². The fourth-order valence-electron chi connectivity index (χ4n) is 3.00. The summed E-state index contributed by atoms with van der Waals surface area (Å²) in [5, 5.41) is 1.32. The Morgan fingerprint density at radius 1 is 0.929 bits per heavy atom. The molecule has 3 rings (SSSR count). The second kappa shape index (κ2) is 7.44. The van der Waals surface area contributed by atoms with Crippen LogP contribution in [-0.4, -0.2) is 22.5 Å². The number of nitrogens with zero attached hydrogens (tertiary/aromatic N) is 1. The summed E-state index contributed by atoms with van der Waals surface area (Å²) in [6.07, 6.45) is -4.48. The summed E-state index contributed by atoms with van der Waals surface area (Å²) in [7, 11) is -0.200. The van der Waals surface area contributed by atoms with Crippen molar-refractivity contribution in [1.29, 1.82) is 0 Å². The topological polar surface area (TPSA) is 49.4 Å². The molecule has 3 aromatic carbocycles. The van der Waals surface area contributed by atoms with Crippen LogP contribution in [0.4, 0.5) is 18.9 Å². The molecule has 0 spiro atoms. The molecule has 0 amide bonds. The fraction of sp³-hybridized carbons (Fsp3) is 0.200. The van der Waals surface area contributed by atoms with Crippen molar-refractivity contribution in [2.75, 3.05) is 19.0 Å². The molecule has 3 aromatic rings. The molecule has 0 saturated heterocycles. The molecule has 0 aromatic heterocycles. The highest BCUT2D eigenvalue weighted by Gasteiger charge is 2.30. The number of hydrogen-bond donors (Lipinski definition) is 1. The minimum atomic E-state index is -4.48. The largest absolute Gasteiger partial charge is 0.416 e. The fourth-order valence-corrected chi connectivity index (χ4v) is 4.24. The van der Waals surface area contributed by atoms with Gasteiger partial charge in [-0.15, -0.1) is 0 Å². The Morgan fingerprint density at radius 3 is 2.25 bits per heavy atom. The Hall–Kier alpha value is -2.58. The first-order valence-electron chi connectivity index (χ1n) is 8.44. The number of fused-ring (bicyclic) bond motifs is 1. The molecule has 0 bridgehead atoms. The summed E-state index contributed by atoms with van der Waals surface area (Å²) in [6, 6.07) is 14.9. The van der Waals surface area contributed by atoms with Crippen LogP contribution in [0, 0.1) is 0 Å². The van der Waals surface area contributed by atoms with Crippen LogP contribution in [0.25, 0.3) is 10.8 Å². The van der Waals surface area contributed by atoms with Crippen molar-refractivity contribution in [2.45, 2.75) is 17.6 Å². The monoisotopic (exact) mass is 408 g/mol. The van der Waals surface area contributed by atoms with Crippen LogP contribution in [0.2, 0.25) is 0 Å². The number of nitrogens with one attached hydrogen (secondary N) is 1. The van der Waals surface area contributed by atoms with Crippen LogP contribution >= 0.6 is 0 Å². The summed E-state index contributed by atoms with van der Waals surface area (Å²) >= 11 is 0. The van der Waals surface area contributed by atoms with Crippen LogP contribution in [-0.2, 0) is 22.7 Å². The van der Waals surface area contributed by atoms with E-state index in [0.717, 1.165) is 23.2 Å². The molecule has 148 valence electrons. The molecular formula is C20H19F3N2O2S. The minimum absolute atomic E-state index is 0.0840. The Kier molecular flexibility index (Phi) is 5.36. The molecule has 0 aliphatic rings. The van der Waals surface area contributed by atoms with Gasteiger partial charge in [0.2, 0.25) is 10.0 Å². The first-order valence-corrected chi connectivity index (χ1v) is 9.93. The standard InChI is InChI=1S/C20H19F3N2O2S/c1-25(2)18-10-4-9-17-16(18)8-5-11-19(17)28(26,27)24-13-14-6-3-7-15(12-14)20(21,22)23/h3-12,24H,13H2,1-2H3. The maximum atomic E-state index is 12.8. The Bertz CT molecular complexity index is 1110. The van der Waals surface area contributed by atoms with Gasteiger partial charge in [-0.1, -0.05) is 42.5 Å². The lowest BCUT2D eigenvalue weighted by molar-refractivity contribution is -0.137. The third kappa shape index (κ3) is 4.13. The zero-order chi connectivity index (χ0) is 20.5. The van der Waals surface area contributed by atoms with Gasteiger partial charge in [0.05, 0.1) is 10.5 Å². The molecule has 0 atom stereocenters. The first-order chi connectivity index (χ1) is 13.1. The van der Waals surface area contributed by atoms with Gasteiger partial charge in [-0.05, 0) is 23.8 Å². The minimum Gasteiger partial charge on any atom is -0.377 e. The van der Waals surface area contributed by atoms with Gasteiger partial charge >= 0.3 is 6.18 Å². The first kappa shape index (κ1) is 20.2. The number of halogens is 3. The normalized spacial score (nSPS) is 12.3. The van der Waals surface area contributed by atoms with Crippen LogP contribution in [0.3, 0.4) is 0 Å². The molecule has 0 fully saturated rings. The van der Waals surface area contributed by atoms with E-state index in [1.807, 2.05) is 31.1 Å². The van der Waals surface area contributed by atoms with Gasteiger partial charge in [0.25, 0.3) is 0 Å². The lowest BCUT2D eigenvalue weighted by atomic mass is 10.1. The molecule has 0 unspecified atom stereocenters. The van der Waals surface area contributed by atoms with Crippen molar-refractivity contribution in [2.24, 2.45) is 0 Å². The van der Waals surface area contributed by atoms with Gasteiger partial charge in [-0.2, -0.15) is 13.2 Å². The number of sulfonamides is 1. The molecule has 0 radical (unpaired) electrons. The Balaban J connectivity index is 1.93. The number of anilines is 1. The zero-order valence-electron chi connectivity index (χ0n) is 15.3. The van der Waals surface area contributed by atoms with Crippen molar-refractivity contribution < 1.29 is 21.6 Å². The van der Waals surface area contributed by atoms with Gasteiger partial charge < -0.3 is 4.90 Å². The van der Waals surface area contributed by atoms with E-state index in [4.69, 9.17) is 0 Å². The highest BCUT2D eigenvalue weighted by atomic mass is 32.2. The van der Waals surface area contributed by atoms with E-state index in [1.165, 1.54) is 18.2 Å². The molecule has 28 heavy (non-hydrogen) atoms. The summed E-state index contributed by atoms with van der Waals surface area (Å²) in [6.45, 7) is -0.240. The summed E-state index contributed by atoms with van der Waals surface area (Å²) in [5.74, 6) is 0. The second-order valence-corrected chi connectivity index (χ2v) is 8.28. The van der Waals surface area contributed by atoms with E-state index in [1.54, 1.807) is 18.2 Å². The lowest BCUT2D eigenvalue weighted by Gasteiger charge is -2.17. The summed E-state index contributed by atoms with van der Waals surface area (Å²) in [5.41, 5.74) is 0.282. The highest BCUT2D eigenvalue weighted by molar-refractivity contribution is 7.89. The molecule has 0 aliphatic heterocycles. The lowest BCUT2D eigenvalue weighted by Crippen LogP contribution is -2.23. The summed E-state index contributed by atoms with van der Waals surface area (Å²) in [4.78, 5) is 1.97. The van der Waals surface area contributed by atoms with Crippen molar-refractivity contribution in [1.82, 2.24) is 4.72 Å². The van der Waals surface area contributed by atoms with Gasteiger partial charge in [0, 0.05) is 37.1 Å². The van der Waals surface area contributed by atoms with Gasteiger partial charge in [0.1, 0.15) is 0 Å². The van der Waals surface area contributed by atoms with Crippen molar-refractivity contribution in [3.8, 4) is 0 Å². The SMILES string of the molecule is CN(C)c1cccc2c(S(=O)(=O)NCc3cccc(C(F)(F)F)c3)cccc12. The van der Waals surface area contributed by atoms with E-state index < -0.39 is 21.8 Å². The second-order valence-electron chi connectivity index (χ2n) is 6.55. The average Bonchev–Trinajstić information content (AvgIpc) is 2.65. The van der Waals surface area contributed by atoms with E-state index in [-0.39, 0.29) is 17.0 Å². The Labute approximate surface area is 161 Å². The number of rotatable bonds is 5. The zero-order valence-corrected chi connectivity index (χ0v) is 16.1. The van der Waals surface area contributed by atoms with Crippen molar-refractivity contribution in [3.05, 3.63) is 71.8 Å². The van der Waals surface area contributed by atoms with E-state index >= 15 is 0 Å². The van der Waals surface area contributed by atoms with Gasteiger partial charge in [-0.3, -0.25) is 0 Å². The number of benzene rings is 3. The smallest absolute Gasteiger partial charge is 0.377 e. The van der Waals surface area contributed by atoms with Crippen molar-refractivity contribution in [3.63, 3.8) is 0 Å². The molecular weight excluding hydrogens is 389 g/mol. The predicted octanol–water partition coefficient (Wildman–Crippen LogP) is 4.40. The van der Waals surface area contributed by atoms with Gasteiger partial charge in [-0.25, -0.2) is 13.1 Å². The Morgan fingerprint density at radius 2 is 1.57 bits per heavy atom. The third-order valence-electron chi connectivity index (χ3n) is 4.35. The molecule has 1 N–H and O–H groups in total. The quantitative estimate of drug-likeness (QED) is 0.681. The van der Waals surface area contributed by atoms with Crippen LogP contribution in [0.5, 0.6) is 0 Å². The maximum Gasteiger partial charge on any atom is 0.416 e. The van der Waals surface area contributed by atoms with Crippen LogP contribution in [0.15, 0.2) is 65.6 Å². The number of hydrogen-bond acceptors (Lipinski definition) is 3. The highest BCUT2D eigenvalue weighted by Crippen LogP contribution is 2.31. The number of alkyl halides is 3. The molecule has 4 nitrogen and oxygen atoms in total. The molecule has 0 aliphatic carbocycles. The predicted molar refractivity (Wildman–Crippen MR) is 104 cm³/mol. The maximum absolute atomic E-state index is 12.8. The van der Waals surface area contributed by atoms with Crippen molar-refractivity contribution >= 4 is 26.5 Å². The summed E-state index contributed by atoms with van der Waals surface area (Å²) < 4.78 is 66.6. The van der Waals surface area contributed by atoms with Gasteiger partial charge in [0.15, 0.2) is 0 Å². The average molecular weight is 408 g/mol. The molecule has 8 heteroatoms. The van der Waals surface area contributed by atoms with E-state index in [2.05, 4.69) is 4.72 Å². The van der Waals surface area contributed by atoms with Crippen LogP contribution in [0.1, 0.15) is 11.1 Å². The molecule has 0 saturated carbocycles. The molecule has 0 heterocycles.